The number of rotatable bonds is 5. The summed E-state index contributed by atoms with van der Waals surface area (Å²) in [5.74, 6) is 0. The zero-order valence-electron chi connectivity index (χ0n) is 15.0. The van der Waals surface area contributed by atoms with E-state index < -0.39 is 0 Å². The van der Waals surface area contributed by atoms with Crippen molar-refractivity contribution in [3.8, 4) is 11.1 Å². The van der Waals surface area contributed by atoms with Gasteiger partial charge in [0, 0.05) is 12.7 Å². The maximum absolute atomic E-state index is 7.75. The predicted molar refractivity (Wildman–Crippen MR) is 116 cm³/mol. The van der Waals surface area contributed by atoms with Gasteiger partial charge in [-0.05, 0) is 36.0 Å². The summed E-state index contributed by atoms with van der Waals surface area (Å²) in [7, 11) is 7.29. The van der Waals surface area contributed by atoms with Crippen LogP contribution in [0.15, 0.2) is 85.1 Å². The zero-order valence-corrected chi connectivity index (χ0v) is 18.7. The van der Waals surface area contributed by atoms with Crippen molar-refractivity contribution in [3.63, 3.8) is 0 Å². The average Bonchev–Trinajstić information content (AvgIpc) is 2.79. The van der Waals surface area contributed by atoms with E-state index in [1.54, 1.807) is 17.3 Å². The standard InChI is InChI=1S/C12H10.C8H13N2P.CHO.ClH.Ru.H/c1-3-7-11(8-4-1)12-9-5-2-6-10-12;11-6-5-9-7-8-3-1-2-4-10-8;1-2;;;/h1-10H;1-4,9H,5-7,11H2;1H;1H;;/q;;-1;;+3;/p-1. The topological polar surface area (TPSA) is 42.0 Å². The van der Waals surface area contributed by atoms with Gasteiger partial charge in [0.2, 0.25) is 0 Å². The first kappa shape index (κ1) is 25.6. The summed E-state index contributed by atoms with van der Waals surface area (Å²) in [6, 6.07) is 26.7. The van der Waals surface area contributed by atoms with E-state index in [2.05, 4.69) is 84.6 Å². The average molecular weight is 489 g/mol. The van der Waals surface area contributed by atoms with E-state index in [-0.39, 0.29) is 0 Å². The molecule has 0 amide bonds. The normalized spacial score (nSPS) is 8.70. The molecule has 0 aliphatic rings. The molecule has 0 fully saturated rings. The maximum atomic E-state index is 7.75. The van der Waals surface area contributed by atoms with E-state index in [1.165, 1.54) is 11.1 Å². The molecule has 0 aliphatic heterocycles. The van der Waals surface area contributed by atoms with Crippen LogP contribution in [0, 0.1) is 0 Å². The SMILES string of the molecule is PCCNCc1ccccn1.[CH-]=O.[Cl][RuH+2].c1ccc(-c2ccccc2)cc1. The summed E-state index contributed by atoms with van der Waals surface area (Å²) in [5, 5.41) is 3.27. The number of nitrogens with one attached hydrogen (secondary N) is 1. The van der Waals surface area contributed by atoms with Gasteiger partial charge in [0.05, 0.1) is 5.69 Å². The van der Waals surface area contributed by atoms with E-state index >= 15 is 0 Å². The summed E-state index contributed by atoms with van der Waals surface area (Å²) in [6.07, 6.45) is 2.91. The molecule has 2 aromatic carbocycles. The molecule has 27 heavy (non-hydrogen) atoms. The Morgan fingerprint density at radius 1 is 0.852 bits per heavy atom. The first-order chi connectivity index (χ1) is 13.4. The first-order valence-corrected chi connectivity index (χ1v) is 11.4. The van der Waals surface area contributed by atoms with Gasteiger partial charge in [-0.2, -0.15) is 0 Å². The van der Waals surface area contributed by atoms with Crippen LogP contribution in [-0.4, -0.2) is 24.5 Å². The molecule has 6 heteroatoms. The Morgan fingerprint density at radius 3 is 1.74 bits per heavy atom. The number of halogens is 1. The van der Waals surface area contributed by atoms with Crippen molar-refractivity contribution >= 4 is 25.7 Å². The summed E-state index contributed by atoms with van der Waals surface area (Å²) in [4.78, 5) is 11.9. The molecule has 3 nitrogen and oxygen atoms in total. The van der Waals surface area contributed by atoms with E-state index in [0.29, 0.717) is 0 Å². The van der Waals surface area contributed by atoms with Gasteiger partial charge < -0.3 is 10.1 Å². The molecule has 0 spiro atoms. The van der Waals surface area contributed by atoms with Crippen molar-refractivity contribution < 1.29 is 22.1 Å². The van der Waals surface area contributed by atoms with Gasteiger partial charge in [-0.1, -0.05) is 66.7 Å². The van der Waals surface area contributed by atoms with Gasteiger partial charge in [0.1, 0.15) is 0 Å². The Balaban J connectivity index is 0.000000425. The van der Waals surface area contributed by atoms with Crippen LogP contribution in [-0.2, 0) is 28.7 Å². The molecule has 144 valence electrons. The summed E-state index contributed by atoms with van der Waals surface area (Å²) < 4.78 is 0. The minimum atomic E-state index is 0.870. The summed E-state index contributed by atoms with van der Waals surface area (Å²) in [6.45, 7) is 5.15. The Kier molecular flexibility index (Phi) is 18.3. The molecule has 0 saturated heterocycles. The number of aromatic nitrogens is 1. The summed E-state index contributed by atoms with van der Waals surface area (Å²) >= 11 is 1.62. The maximum Gasteiger partial charge on any atom is -0.0184 e. The number of nitrogens with zero attached hydrogens (tertiary/aromatic N) is 1. The second-order valence-corrected chi connectivity index (χ2v) is 5.60. The fourth-order valence-electron chi connectivity index (χ4n) is 2.08. The Labute approximate surface area is 178 Å². The number of carbonyl (C=O) groups excluding carboxylic acids is 1. The molecule has 0 aliphatic carbocycles. The molecule has 0 saturated carbocycles. The predicted octanol–water partition coefficient (Wildman–Crippen LogP) is 4.55. The second kappa shape index (κ2) is 19.3. The minimum Gasteiger partial charge on any atom is -0.0622 e. The Morgan fingerprint density at radius 2 is 1.33 bits per heavy atom. The van der Waals surface area contributed by atoms with Gasteiger partial charge in [-0.3, -0.25) is 11.8 Å². The zero-order chi connectivity index (χ0) is 20.2. The Hall–Kier alpha value is -1.44. The van der Waals surface area contributed by atoms with Crippen LogP contribution in [0.25, 0.3) is 11.1 Å². The van der Waals surface area contributed by atoms with Crippen molar-refractivity contribution in [1.82, 2.24) is 10.3 Å². The van der Waals surface area contributed by atoms with E-state index in [1.807, 2.05) is 36.5 Å². The third-order valence-electron chi connectivity index (χ3n) is 3.23. The largest absolute Gasteiger partial charge is 0.0622 e. The van der Waals surface area contributed by atoms with Gasteiger partial charge in [0.25, 0.3) is 0 Å². The van der Waals surface area contributed by atoms with Crippen LogP contribution in [0.4, 0.5) is 0 Å². The van der Waals surface area contributed by atoms with Crippen molar-refractivity contribution in [3.05, 3.63) is 90.8 Å². The van der Waals surface area contributed by atoms with Gasteiger partial charge >= 0.3 is 27.0 Å². The van der Waals surface area contributed by atoms with E-state index in [9.17, 15) is 0 Å². The molecule has 1 N–H and O–H groups in total. The number of hydrogen-bond acceptors (Lipinski definition) is 3. The van der Waals surface area contributed by atoms with Gasteiger partial charge in [0.15, 0.2) is 0 Å². The van der Waals surface area contributed by atoms with Crippen LogP contribution in [0.1, 0.15) is 5.69 Å². The fraction of sp³-hybridized carbons (Fsp3) is 0.143. The van der Waals surface area contributed by atoms with Crippen LogP contribution in [0.3, 0.4) is 0 Å². The van der Waals surface area contributed by atoms with Crippen molar-refractivity contribution in [1.29, 1.82) is 0 Å². The smallest absolute Gasteiger partial charge is 0.0184 e. The molecule has 1 aromatic heterocycles. The van der Waals surface area contributed by atoms with E-state index in [4.69, 9.17) is 4.79 Å². The molecule has 1 unspecified atom stereocenters. The molecule has 1 atom stereocenters. The monoisotopic (exact) mass is 489 g/mol. The number of pyridine rings is 1. The van der Waals surface area contributed by atoms with Crippen LogP contribution >= 0.6 is 18.9 Å². The molecular weight excluding hydrogens is 464 g/mol. The number of benzene rings is 2. The van der Waals surface area contributed by atoms with Crippen molar-refractivity contribution in [2.75, 3.05) is 12.7 Å². The molecule has 1 heterocycles. The molecule has 3 rings (SSSR count). The number of hydrogen-bond donors (Lipinski definition) is 1. The van der Waals surface area contributed by atoms with Crippen molar-refractivity contribution in [2.45, 2.75) is 6.54 Å². The minimum absolute atomic E-state index is 0.870. The Bertz CT molecular complexity index is 638. The summed E-state index contributed by atoms with van der Waals surface area (Å²) in [5.41, 5.74) is 3.65. The van der Waals surface area contributed by atoms with Crippen LogP contribution < -0.4 is 5.32 Å². The van der Waals surface area contributed by atoms with Crippen LogP contribution in [0.2, 0.25) is 0 Å². The third-order valence-corrected chi connectivity index (χ3v) is 3.52. The van der Waals surface area contributed by atoms with Gasteiger partial charge in [-0.25, -0.2) is 0 Å². The van der Waals surface area contributed by atoms with Crippen LogP contribution in [0.5, 0.6) is 0 Å². The molecule has 0 bridgehead atoms. The quantitative estimate of drug-likeness (QED) is 0.188. The fourth-order valence-corrected chi connectivity index (χ4v) is 2.29. The molecule has 0 radical (unpaired) electrons. The first-order valence-electron chi connectivity index (χ1n) is 8.19. The third kappa shape index (κ3) is 12.6. The second-order valence-electron chi connectivity index (χ2n) is 5.02. The molecule has 3 aromatic rings. The molecular formula is C21H25ClN2OPRu+. The van der Waals surface area contributed by atoms with Gasteiger partial charge in [-0.15, -0.1) is 9.24 Å². The van der Waals surface area contributed by atoms with Crippen molar-refractivity contribution in [2.24, 2.45) is 0 Å². The van der Waals surface area contributed by atoms with E-state index in [0.717, 1.165) is 24.9 Å².